The molecular formula is C14H10F5N5O. The Labute approximate surface area is 137 Å². The third kappa shape index (κ3) is 3.44. The highest BCUT2D eigenvalue weighted by atomic mass is 19.4. The molecule has 0 unspecified atom stereocenters. The van der Waals surface area contributed by atoms with Gasteiger partial charge >= 0.3 is 12.3 Å². The summed E-state index contributed by atoms with van der Waals surface area (Å²) in [4.78, 5) is 4.02. The smallest absolute Gasteiger partial charge is 0.406 e. The Kier molecular flexibility index (Phi) is 3.73. The lowest BCUT2D eigenvalue weighted by Crippen LogP contribution is -2.16. The minimum absolute atomic E-state index is 0.0442. The van der Waals surface area contributed by atoms with Gasteiger partial charge in [-0.15, -0.1) is 23.4 Å². The molecule has 0 bridgehead atoms. The van der Waals surface area contributed by atoms with E-state index < -0.39 is 23.9 Å². The molecule has 3 rings (SSSR count). The first kappa shape index (κ1) is 16.9. The summed E-state index contributed by atoms with van der Waals surface area (Å²) in [5, 5.41) is 6.99. The maximum atomic E-state index is 13.6. The molecule has 0 aliphatic rings. The first-order valence-electron chi connectivity index (χ1n) is 6.80. The van der Waals surface area contributed by atoms with Crippen LogP contribution in [0.5, 0.6) is 5.75 Å². The predicted molar refractivity (Wildman–Crippen MR) is 76.9 cm³/mol. The van der Waals surface area contributed by atoms with E-state index in [1.807, 2.05) is 0 Å². The molecule has 2 heterocycles. The van der Waals surface area contributed by atoms with Crippen molar-refractivity contribution >= 4 is 11.5 Å². The van der Waals surface area contributed by atoms with Gasteiger partial charge in [0.05, 0.1) is 5.69 Å². The van der Waals surface area contributed by atoms with E-state index in [0.29, 0.717) is 12.5 Å². The van der Waals surface area contributed by atoms with Gasteiger partial charge in [0, 0.05) is 18.7 Å². The summed E-state index contributed by atoms with van der Waals surface area (Å²) in [6, 6.07) is 4.74. The summed E-state index contributed by atoms with van der Waals surface area (Å²) in [5.74, 6) is -4.46. The van der Waals surface area contributed by atoms with Gasteiger partial charge < -0.3 is 10.5 Å². The van der Waals surface area contributed by atoms with Crippen molar-refractivity contribution in [1.29, 1.82) is 0 Å². The number of rotatable bonds is 3. The Hall–Kier alpha value is -2.98. The molecule has 0 aliphatic heterocycles. The maximum Gasteiger partial charge on any atom is 0.573 e. The molecule has 132 valence electrons. The van der Waals surface area contributed by atoms with E-state index in [1.165, 1.54) is 18.3 Å². The van der Waals surface area contributed by atoms with Gasteiger partial charge in [-0.3, -0.25) is 4.40 Å². The number of ether oxygens (including phenoxy) is 1. The van der Waals surface area contributed by atoms with E-state index in [0.717, 1.165) is 16.5 Å². The number of alkyl halides is 5. The summed E-state index contributed by atoms with van der Waals surface area (Å²) < 4.78 is 68.5. The molecule has 0 atom stereocenters. The van der Waals surface area contributed by atoms with Crippen molar-refractivity contribution in [3.8, 4) is 17.0 Å². The van der Waals surface area contributed by atoms with E-state index in [2.05, 4.69) is 19.9 Å². The predicted octanol–water partition coefficient (Wildman–Crippen LogP) is 3.38. The maximum absolute atomic E-state index is 13.6. The fraction of sp³-hybridized carbons (Fsp3) is 0.214. The van der Waals surface area contributed by atoms with Crippen LogP contribution in [0.1, 0.15) is 12.7 Å². The topological polar surface area (TPSA) is 78.3 Å². The highest BCUT2D eigenvalue weighted by Crippen LogP contribution is 2.30. The summed E-state index contributed by atoms with van der Waals surface area (Å²) in [6.45, 7) is 0.656. The Bertz CT molecular complexity index is 914. The van der Waals surface area contributed by atoms with Crippen LogP contribution in [0.25, 0.3) is 16.9 Å². The van der Waals surface area contributed by atoms with Crippen molar-refractivity contribution in [3.05, 3.63) is 36.3 Å². The van der Waals surface area contributed by atoms with Gasteiger partial charge in [0.25, 0.3) is 0 Å². The minimum atomic E-state index is -4.81. The lowest BCUT2D eigenvalue weighted by Gasteiger charge is -2.11. The summed E-state index contributed by atoms with van der Waals surface area (Å²) in [5.41, 5.74) is 6.18. The lowest BCUT2D eigenvalue weighted by molar-refractivity contribution is -0.274. The van der Waals surface area contributed by atoms with E-state index in [9.17, 15) is 22.0 Å². The second-order valence-corrected chi connectivity index (χ2v) is 5.19. The number of anilines is 1. The molecule has 0 amide bonds. The van der Waals surface area contributed by atoms with Crippen LogP contribution in [0.2, 0.25) is 0 Å². The van der Waals surface area contributed by atoms with E-state index >= 15 is 0 Å². The fourth-order valence-corrected chi connectivity index (χ4v) is 2.18. The van der Waals surface area contributed by atoms with Crippen LogP contribution >= 0.6 is 0 Å². The largest absolute Gasteiger partial charge is 0.573 e. The van der Waals surface area contributed by atoms with E-state index in [4.69, 9.17) is 5.73 Å². The van der Waals surface area contributed by atoms with Crippen molar-refractivity contribution in [2.45, 2.75) is 19.2 Å². The highest BCUT2D eigenvalue weighted by Gasteiger charge is 2.32. The van der Waals surface area contributed by atoms with Crippen molar-refractivity contribution in [1.82, 2.24) is 19.6 Å². The number of nitrogens with two attached hydrogens (primary N) is 1. The number of nitrogens with zero attached hydrogens (tertiary/aromatic N) is 4. The number of fused-ring (bicyclic) bond motifs is 1. The second-order valence-electron chi connectivity index (χ2n) is 5.19. The molecule has 3 aromatic rings. The number of nitrogen functional groups attached to an aromatic ring is 1. The number of benzene rings is 1. The molecule has 0 saturated carbocycles. The number of hydrogen-bond acceptors (Lipinski definition) is 5. The van der Waals surface area contributed by atoms with Gasteiger partial charge in [-0.1, -0.05) is 0 Å². The molecule has 0 saturated heterocycles. The van der Waals surface area contributed by atoms with Crippen molar-refractivity contribution in [2.75, 3.05) is 5.73 Å². The molecule has 11 heteroatoms. The second kappa shape index (κ2) is 5.53. The van der Waals surface area contributed by atoms with Crippen LogP contribution in [0.4, 0.5) is 27.8 Å². The quantitative estimate of drug-likeness (QED) is 0.726. The zero-order valence-corrected chi connectivity index (χ0v) is 12.6. The van der Waals surface area contributed by atoms with Crippen molar-refractivity contribution in [3.63, 3.8) is 0 Å². The third-order valence-electron chi connectivity index (χ3n) is 3.19. The Morgan fingerprint density at radius 3 is 2.24 bits per heavy atom. The van der Waals surface area contributed by atoms with Crippen LogP contribution in [0, 0.1) is 0 Å². The summed E-state index contributed by atoms with van der Waals surface area (Å²) in [7, 11) is 0. The first-order valence-corrected chi connectivity index (χ1v) is 6.80. The van der Waals surface area contributed by atoms with Gasteiger partial charge in [0.15, 0.2) is 5.82 Å². The van der Waals surface area contributed by atoms with Gasteiger partial charge in [-0.05, 0) is 24.3 Å². The molecule has 0 radical (unpaired) electrons. The molecule has 2 N–H and O–H groups in total. The number of aromatic nitrogens is 4. The molecule has 0 fully saturated rings. The van der Waals surface area contributed by atoms with Crippen molar-refractivity contribution in [2.24, 2.45) is 0 Å². The molecular weight excluding hydrogens is 349 g/mol. The third-order valence-corrected chi connectivity index (χ3v) is 3.19. The number of hydrogen-bond donors (Lipinski definition) is 1. The normalized spacial score (nSPS) is 12.6. The van der Waals surface area contributed by atoms with Gasteiger partial charge in [0.2, 0.25) is 11.5 Å². The SMILES string of the molecule is CC(F)(F)c1nnc2c(N)nc(-c3ccc(OC(F)(F)F)cc3)cn12. The molecule has 6 nitrogen and oxygen atoms in total. The van der Waals surface area contributed by atoms with Crippen LogP contribution in [-0.4, -0.2) is 25.9 Å². The van der Waals surface area contributed by atoms with Crippen molar-refractivity contribution < 1.29 is 26.7 Å². The van der Waals surface area contributed by atoms with Crippen LogP contribution in [-0.2, 0) is 5.92 Å². The molecule has 1 aromatic carbocycles. The fourth-order valence-electron chi connectivity index (χ4n) is 2.18. The Balaban J connectivity index is 2.04. The van der Waals surface area contributed by atoms with Crippen LogP contribution < -0.4 is 10.5 Å². The molecule has 0 spiro atoms. The standard InChI is InChI=1S/C14H10F5N5O/c1-13(15,16)12-23-22-11-10(20)21-9(6-24(11)12)7-2-4-8(5-3-7)25-14(17,18)19/h2-6H,1H3,(H2,20,21). The monoisotopic (exact) mass is 359 g/mol. The van der Waals surface area contributed by atoms with E-state index in [-0.39, 0.29) is 17.2 Å². The minimum Gasteiger partial charge on any atom is -0.406 e. The number of halogens is 5. The van der Waals surface area contributed by atoms with Gasteiger partial charge in [-0.2, -0.15) is 8.78 Å². The first-order chi connectivity index (χ1) is 11.5. The molecule has 2 aromatic heterocycles. The van der Waals surface area contributed by atoms with Gasteiger partial charge in [0.1, 0.15) is 5.75 Å². The van der Waals surface area contributed by atoms with Crippen LogP contribution in [0.3, 0.4) is 0 Å². The zero-order chi connectivity index (χ0) is 18.4. The average Bonchev–Trinajstić information content (AvgIpc) is 2.91. The Morgan fingerprint density at radius 2 is 1.68 bits per heavy atom. The molecule has 25 heavy (non-hydrogen) atoms. The van der Waals surface area contributed by atoms with E-state index in [1.54, 1.807) is 0 Å². The average molecular weight is 359 g/mol. The molecule has 0 aliphatic carbocycles. The summed E-state index contributed by atoms with van der Waals surface area (Å²) in [6.07, 6.45) is -3.58. The lowest BCUT2D eigenvalue weighted by atomic mass is 10.1. The van der Waals surface area contributed by atoms with Gasteiger partial charge in [-0.25, -0.2) is 4.98 Å². The zero-order valence-electron chi connectivity index (χ0n) is 12.6. The summed E-state index contributed by atoms with van der Waals surface area (Å²) >= 11 is 0. The highest BCUT2D eigenvalue weighted by molar-refractivity contribution is 5.67. The van der Waals surface area contributed by atoms with Crippen LogP contribution in [0.15, 0.2) is 30.5 Å². The Morgan fingerprint density at radius 1 is 1.04 bits per heavy atom.